The molecule has 0 fully saturated rings. The van der Waals surface area contributed by atoms with Crippen LogP contribution in [0.3, 0.4) is 0 Å². The molecule has 0 saturated heterocycles. The molecule has 0 bridgehead atoms. The average molecular weight is 258 g/mol. The Morgan fingerprint density at radius 2 is 2.24 bits per heavy atom. The number of carbonyl (C=O) groups is 1. The highest BCUT2D eigenvalue weighted by atomic mass is 35.5. The number of aryl methyl sites for hydroxylation is 2. The molecular formula is C11H16ClN3O2. The molecule has 1 atom stereocenters. The fourth-order valence-corrected chi connectivity index (χ4v) is 1.69. The molecule has 5 nitrogen and oxygen atoms in total. The third kappa shape index (κ3) is 3.87. The highest BCUT2D eigenvalue weighted by Gasteiger charge is 2.11. The number of nitrogens with one attached hydrogen (secondary N) is 2. The van der Waals surface area contributed by atoms with Crippen molar-refractivity contribution in [2.24, 2.45) is 0 Å². The van der Waals surface area contributed by atoms with Gasteiger partial charge in [0.25, 0.3) is 0 Å². The SMILES string of the molecule is Cc1cc(C)c(NC(=O)N[C@@H](C)CO)c(Cl)n1. The molecule has 1 heterocycles. The Kier molecular flexibility index (Phi) is 4.72. The van der Waals surface area contributed by atoms with Gasteiger partial charge in [0.1, 0.15) is 0 Å². The standard InChI is InChI=1S/C11H16ClN3O2/c1-6-4-7(2)13-10(12)9(6)15-11(17)14-8(3)5-16/h4,8,16H,5H2,1-3H3,(H2,14,15,17)/t8-/m0/s1. The van der Waals surface area contributed by atoms with Crippen LogP contribution < -0.4 is 10.6 Å². The van der Waals surface area contributed by atoms with Gasteiger partial charge >= 0.3 is 6.03 Å². The molecule has 94 valence electrons. The van der Waals surface area contributed by atoms with Crippen LogP contribution in [0.4, 0.5) is 10.5 Å². The van der Waals surface area contributed by atoms with Crippen molar-refractivity contribution in [3.63, 3.8) is 0 Å². The second-order valence-corrected chi connectivity index (χ2v) is 4.29. The Bertz CT molecular complexity index is 400. The largest absolute Gasteiger partial charge is 0.394 e. The minimum atomic E-state index is -0.415. The summed E-state index contributed by atoms with van der Waals surface area (Å²) >= 11 is 5.95. The highest BCUT2D eigenvalue weighted by molar-refractivity contribution is 6.32. The summed E-state index contributed by atoms with van der Waals surface area (Å²) in [4.78, 5) is 15.6. The van der Waals surface area contributed by atoms with Crippen LogP contribution in [-0.4, -0.2) is 28.8 Å². The smallest absolute Gasteiger partial charge is 0.319 e. The zero-order valence-corrected chi connectivity index (χ0v) is 10.8. The maximum atomic E-state index is 11.6. The second-order valence-electron chi connectivity index (χ2n) is 3.93. The fourth-order valence-electron chi connectivity index (χ4n) is 1.36. The van der Waals surface area contributed by atoms with Gasteiger partial charge in [-0.1, -0.05) is 11.6 Å². The zero-order valence-electron chi connectivity index (χ0n) is 10.0. The molecule has 1 aromatic heterocycles. The number of anilines is 1. The minimum absolute atomic E-state index is 0.119. The number of pyridine rings is 1. The van der Waals surface area contributed by atoms with Crippen LogP contribution in [0.15, 0.2) is 6.07 Å². The topological polar surface area (TPSA) is 74.2 Å². The minimum Gasteiger partial charge on any atom is -0.394 e. The van der Waals surface area contributed by atoms with E-state index in [2.05, 4.69) is 15.6 Å². The molecule has 2 amide bonds. The van der Waals surface area contributed by atoms with Crippen molar-refractivity contribution in [2.45, 2.75) is 26.8 Å². The summed E-state index contributed by atoms with van der Waals surface area (Å²) in [6.45, 7) is 5.25. The summed E-state index contributed by atoms with van der Waals surface area (Å²) in [6.07, 6.45) is 0. The first-order valence-corrected chi connectivity index (χ1v) is 5.64. The van der Waals surface area contributed by atoms with Gasteiger partial charge in [0.15, 0.2) is 5.15 Å². The van der Waals surface area contributed by atoms with Gasteiger partial charge in [-0.05, 0) is 32.4 Å². The molecule has 3 N–H and O–H groups in total. The molecule has 0 aliphatic heterocycles. The van der Waals surface area contributed by atoms with Crippen LogP contribution in [0.25, 0.3) is 0 Å². The number of halogens is 1. The predicted molar refractivity (Wildman–Crippen MR) is 67.4 cm³/mol. The van der Waals surface area contributed by atoms with Crippen molar-refractivity contribution in [1.29, 1.82) is 0 Å². The second kappa shape index (κ2) is 5.84. The predicted octanol–water partition coefficient (Wildman–Crippen LogP) is 1.85. The number of carbonyl (C=O) groups excluding carboxylic acids is 1. The van der Waals surface area contributed by atoms with Gasteiger partial charge in [-0.25, -0.2) is 9.78 Å². The van der Waals surface area contributed by atoms with E-state index in [9.17, 15) is 4.79 Å². The van der Waals surface area contributed by atoms with E-state index in [1.807, 2.05) is 19.9 Å². The van der Waals surface area contributed by atoms with Gasteiger partial charge in [-0.3, -0.25) is 0 Å². The molecule has 1 rings (SSSR count). The summed E-state index contributed by atoms with van der Waals surface area (Å²) in [5.74, 6) is 0. The van der Waals surface area contributed by atoms with Crippen LogP contribution in [0.5, 0.6) is 0 Å². The summed E-state index contributed by atoms with van der Waals surface area (Å²) in [6, 6.07) is 1.10. The molecule has 0 saturated carbocycles. The van der Waals surface area contributed by atoms with E-state index in [0.29, 0.717) is 5.69 Å². The number of aromatic nitrogens is 1. The van der Waals surface area contributed by atoms with Gasteiger partial charge in [0.2, 0.25) is 0 Å². The Labute approximate surface area is 105 Å². The van der Waals surface area contributed by atoms with Gasteiger partial charge in [-0.15, -0.1) is 0 Å². The lowest BCUT2D eigenvalue weighted by atomic mass is 10.2. The van der Waals surface area contributed by atoms with Crippen molar-refractivity contribution in [2.75, 3.05) is 11.9 Å². The molecular weight excluding hydrogens is 242 g/mol. The molecule has 1 aromatic rings. The fraction of sp³-hybridized carbons (Fsp3) is 0.455. The quantitative estimate of drug-likeness (QED) is 0.724. The van der Waals surface area contributed by atoms with Gasteiger partial charge in [0.05, 0.1) is 18.3 Å². The third-order valence-corrected chi connectivity index (χ3v) is 2.46. The van der Waals surface area contributed by atoms with Gasteiger partial charge in [-0.2, -0.15) is 0 Å². The van der Waals surface area contributed by atoms with Crippen LogP contribution in [0, 0.1) is 13.8 Å². The molecule has 0 spiro atoms. The molecule has 0 radical (unpaired) electrons. The van der Waals surface area contributed by atoms with E-state index < -0.39 is 6.03 Å². The first-order chi connectivity index (χ1) is 7.93. The molecule has 6 heteroatoms. The van der Waals surface area contributed by atoms with Crippen LogP contribution >= 0.6 is 11.6 Å². The van der Waals surface area contributed by atoms with Crippen molar-refractivity contribution >= 4 is 23.3 Å². The van der Waals surface area contributed by atoms with E-state index in [4.69, 9.17) is 16.7 Å². The van der Waals surface area contributed by atoms with Crippen molar-refractivity contribution in [3.05, 3.63) is 22.5 Å². The number of hydrogen-bond donors (Lipinski definition) is 3. The summed E-state index contributed by atoms with van der Waals surface area (Å²) in [7, 11) is 0. The third-order valence-electron chi connectivity index (χ3n) is 2.19. The number of amides is 2. The maximum absolute atomic E-state index is 11.6. The Hall–Kier alpha value is -1.33. The Balaban J connectivity index is 2.78. The Morgan fingerprint density at radius 1 is 1.59 bits per heavy atom. The van der Waals surface area contributed by atoms with E-state index in [1.165, 1.54) is 0 Å². The van der Waals surface area contributed by atoms with Crippen LogP contribution in [0.2, 0.25) is 5.15 Å². The average Bonchev–Trinajstić information content (AvgIpc) is 2.23. The van der Waals surface area contributed by atoms with Gasteiger partial charge < -0.3 is 15.7 Å². The van der Waals surface area contributed by atoms with Crippen molar-refractivity contribution in [1.82, 2.24) is 10.3 Å². The lowest BCUT2D eigenvalue weighted by Gasteiger charge is -2.14. The molecule has 0 aliphatic rings. The number of rotatable bonds is 3. The molecule has 17 heavy (non-hydrogen) atoms. The van der Waals surface area contributed by atoms with Crippen molar-refractivity contribution < 1.29 is 9.90 Å². The van der Waals surface area contributed by atoms with Gasteiger partial charge in [0, 0.05) is 5.69 Å². The molecule has 0 aliphatic carbocycles. The lowest BCUT2D eigenvalue weighted by molar-refractivity contribution is 0.229. The number of urea groups is 1. The maximum Gasteiger partial charge on any atom is 0.319 e. The van der Waals surface area contributed by atoms with E-state index in [1.54, 1.807) is 6.92 Å². The van der Waals surface area contributed by atoms with Crippen LogP contribution in [-0.2, 0) is 0 Å². The highest BCUT2D eigenvalue weighted by Crippen LogP contribution is 2.24. The zero-order chi connectivity index (χ0) is 13.0. The summed E-state index contributed by atoms with van der Waals surface area (Å²) in [5, 5.41) is 14.2. The molecule has 0 unspecified atom stereocenters. The van der Waals surface area contributed by atoms with E-state index >= 15 is 0 Å². The number of hydrogen-bond acceptors (Lipinski definition) is 3. The Morgan fingerprint density at radius 3 is 2.76 bits per heavy atom. The summed E-state index contributed by atoms with van der Waals surface area (Å²) in [5.41, 5.74) is 2.12. The molecule has 0 aromatic carbocycles. The normalized spacial score (nSPS) is 12.1. The first kappa shape index (κ1) is 13.7. The monoisotopic (exact) mass is 257 g/mol. The number of aliphatic hydroxyl groups excluding tert-OH is 1. The first-order valence-electron chi connectivity index (χ1n) is 5.26. The van der Waals surface area contributed by atoms with E-state index in [0.717, 1.165) is 11.3 Å². The van der Waals surface area contributed by atoms with Crippen molar-refractivity contribution in [3.8, 4) is 0 Å². The number of nitrogens with zero attached hydrogens (tertiary/aromatic N) is 1. The summed E-state index contributed by atoms with van der Waals surface area (Å²) < 4.78 is 0. The van der Waals surface area contributed by atoms with E-state index in [-0.39, 0.29) is 17.8 Å². The number of aliphatic hydroxyl groups is 1. The lowest BCUT2D eigenvalue weighted by Crippen LogP contribution is -2.38. The van der Waals surface area contributed by atoms with Crippen LogP contribution in [0.1, 0.15) is 18.2 Å².